The smallest absolute Gasteiger partial charge is 0.322 e. The molecule has 2 aromatic rings. The summed E-state index contributed by atoms with van der Waals surface area (Å²) in [5.74, 6) is -0.505. The maximum absolute atomic E-state index is 12.8. The second-order valence-corrected chi connectivity index (χ2v) is 5.31. The molecule has 0 aliphatic heterocycles. The fraction of sp³-hybridized carbons (Fsp3) is 0.231. The summed E-state index contributed by atoms with van der Waals surface area (Å²) in [5.41, 5.74) is 0.583. The van der Waals surface area contributed by atoms with Crippen LogP contribution in [0.3, 0.4) is 0 Å². The van der Waals surface area contributed by atoms with Gasteiger partial charge < -0.3 is 5.32 Å². The first kappa shape index (κ1) is 15.6. The number of aromatic amines is 1. The molecule has 112 valence electrons. The first-order chi connectivity index (χ1) is 9.70. The number of rotatable bonds is 2. The number of amides is 1. The molecular weight excluding hydrogens is 351 g/mol. The Labute approximate surface area is 126 Å². The van der Waals surface area contributed by atoms with E-state index in [1.807, 2.05) is 0 Å². The molecule has 0 saturated carbocycles. The summed E-state index contributed by atoms with van der Waals surface area (Å²) in [6.45, 7) is 3.30. The predicted molar refractivity (Wildman–Crippen MR) is 75.2 cm³/mol. The van der Waals surface area contributed by atoms with Crippen LogP contribution in [0, 0.1) is 13.8 Å². The van der Waals surface area contributed by atoms with Crippen LogP contribution in [0.1, 0.15) is 27.3 Å². The molecule has 1 aromatic carbocycles. The van der Waals surface area contributed by atoms with E-state index in [1.165, 1.54) is 12.1 Å². The highest BCUT2D eigenvalue weighted by Gasteiger charge is 2.33. The van der Waals surface area contributed by atoms with Crippen LogP contribution in [0.4, 0.5) is 18.9 Å². The Balaban J connectivity index is 2.31. The standard InChI is InChI=1S/C13H11BrF3N3O/c1-6-11(7(2)20-19-6)12(21)18-8-3-4-10(14)9(5-8)13(15,16)17/h3-5H,1-2H3,(H,18,21)(H,19,20). The molecule has 21 heavy (non-hydrogen) atoms. The van der Waals surface area contributed by atoms with Crippen molar-refractivity contribution in [3.05, 3.63) is 45.2 Å². The lowest BCUT2D eigenvalue weighted by Gasteiger charge is -2.12. The third-order valence-corrected chi connectivity index (χ3v) is 3.58. The molecule has 4 nitrogen and oxygen atoms in total. The number of aromatic nitrogens is 2. The van der Waals surface area contributed by atoms with E-state index in [4.69, 9.17) is 0 Å². The van der Waals surface area contributed by atoms with Crippen LogP contribution < -0.4 is 5.32 Å². The number of anilines is 1. The minimum atomic E-state index is -4.50. The zero-order valence-corrected chi connectivity index (χ0v) is 12.7. The Morgan fingerprint density at radius 2 is 2.00 bits per heavy atom. The van der Waals surface area contributed by atoms with Crippen molar-refractivity contribution in [1.29, 1.82) is 0 Å². The first-order valence-electron chi connectivity index (χ1n) is 5.90. The molecule has 8 heteroatoms. The van der Waals surface area contributed by atoms with Crippen molar-refractivity contribution in [2.45, 2.75) is 20.0 Å². The summed E-state index contributed by atoms with van der Waals surface area (Å²) in [4.78, 5) is 12.1. The monoisotopic (exact) mass is 361 g/mol. The fourth-order valence-electron chi connectivity index (χ4n) is 1.90. The number of nitrogens with one attached hydrogen (secondary N) is 2. The molecule has 2 N–H and O–H groups in total. The average Bonchev–Trinajstić information content (AvgIpc) is 2.70. The second-order valence-electron chi connectivity index (χ2n) is 4.46. The minimum Gasteiger partial charge on any atom is -0.322 e. The van der Waals surface area contributed by atoms with Crippen molar-refractivity contribution in [3.63, 3.8) is 0 Å². The highest BCUT2D eigenvalue weighted by Crippen LogP contribution is 2.36. The van der Waals surface area contributed by atoms with Crippen LogP contribution in [0.5, 0.6) is 0 Å². The lowest BCUT2D eigenvalue weighted by molar-refractivity contribution is -0.138. The van der Waals surface area contributed by atoms with Crippen molar-refractivity contribution in [2.75, 3.05) is 5.32 Å². The predicted octanol–water partition coefficient (Wildman–Crippen LogP) is 4.06. The molecule has 1 aromatic heterocycles. The number of carbonyl (C=O) groups is 1. The van der Waals surface area contributed by atoms with Gasteiger partial charge in [-0.05, 0) is 32.0 Å². The van der Waals surface area contributed by atoms with Crippen molar-refractivity contribution >= 4 is 27.5 Å². The lowest BCUT2D eigenvalue weighted by atomic mass is 10.1. The SMILES string of the molecule is Cc1n[nH]c(C)c1C(=O)Nc1ccc(Br)c(C(F)(F)F)c1. The number of H-pyrrole nitrogens is 1. The van der Waals surface area contributed by atoms with Gasteiger partial charge in [-0.15, -0.1) is 0 Å². The molecule has 0 aliphatic carbocycles. The Hall–Kier alpha value is -1.83. The number of nitrogens with zero attached hydrogens (tertiary/aromatic N) is 1. The molecule has 0 spiro atoms. The third kappa shape index (κ3) is 3.26. The summed E-state index contributed by atoms with van der Waals surface area (Å²) in [6, 6.07) is 3.52. The Morgan fingerprint density at radius 1 is 1.33 bits per heavy atom. The lowest BCUT2D eigenvalue weighted by Crippen LogP contribution is -2.15. The van der Waals surface area contributed by atoms with E-state index in [0.717, 1.165) is 6.07 Å². The van der Waals surface area contributed by atoms with Gasteiger partial charge in [-0.2, -0.15) is 18.3 Å². The second kappa shape index (κ2) is 5.51. The van der Waals surface area contributed by atoms with Crippen LogP contribution >= 0.6 is 15.9 Å². The molecule has 2 rings (SSSR count). The normalized spacial score (nSPS) is 11.5. The van der Waals surface area contributed by atoms with Gasteiger partial charge in [0.15, 0.2) is 0 Å². The van der Waals surface area contributed by atoms with Gasteiger partial charge in [0, 0.05) is 15.9 Å². The first-order valence-corrected chi connectivity index (χ1v) is 6.69. The molecule has 0 aliphatic rings. The highest BCUT2D eigenvalue weighted by molar-refractivity contribution is 9.10. The summed E-state index contributed by atoms with van der Waals surface area (Å²) in [7, 11) is 0. The largest absolute Gasteiger partial charge is 0.417 e. The molecule has 0 fully saturated rings. The maximum atomic E-state index is 12.8. The van der Waals surface area contributed by atoms with Gasteiger partial charge in [0.05, 0.1) is 16.8 Å². The zero-order chi connectivity index (χ0) is 15.8. The molecular formula is C13H11BrF3N3O. The number of carbonyl (C=O) groups excluding carboxylic acids is 1. The summed E-state index contributed by atoms with van der Waals surface area (Å²) >= 11 is 2.85. The Kier molecular flexibility index (Phi) is 4.08. The highest BCUT2D eigenvalue weighted by atomic mass is 79.9. The van der Waals surface area contributed by atoms with E-state index in [2.05, 4.69) is 31.4 Å². The Morgan fingerprint density at radius 3 is 2.52 bits per heavy atom. The molecule has 0 saturated heterocycles. The van der Waals surface area contributed by atoms with Gasteiger partial charge in [-0.25, -0.2) is 0 Å². The van der Waals surface area contributed by atoms with Gasteiger partial charge in [0.2, 0.25) is 0 Å². The number of aryl methyl sites for hydroxylation is 2. The third-order valence-electron chi connectivity index (χ3n) is 2.88. The number of halogens is 4. The average molecular weight is 362 g/mol. The van der Waals surface area contributed by atoms with E-state index in [9.17, 15) is 18.0 Å². The molecule has 0 atom stereocenters. The Bertz CT molecular complexity index is 675. The van der Waals surface area contributed by atoms with E-state index in [-0.39, 0.29) is 10.2 Å². The summed E-state index contributed by atoms with van der Waals surface area (Å²) < 4.78 is 38.4. The van der Waals surface area contributed by atoms with Crippen LogP contribution in [-0.2, 0) is 6.18 Å². The van der Waals surface area contributed by atoms with Gasteiger partial charge in [0.25, 0.3) is 5.91 Å². The van der Waals surface area contributed by atoms with E-state index >= 15 is 0 Å². The number of alkyl halides is 3. The molecule has 0 bridgehead atoms. The van der Waals surface area contributed by atoms with Crippen LogP contribution in [0.15, 0.2) is 22.7 Å². The van der Waals surface area contributed by atoms with E-state index in [0.29, 0.717) is 17.0 Å². The van der Waals surface area contributed by atoms with Crippen molar-refractivity contribution in [2.24, 2.45) is 0 Å². The van der Waals surface area contributed by atoms with E-state index < -0.39 is 17.6 Å². The summed E-state index contributed by atoms with van der Waals surface area (Å²) in [5, 5.41) is 8.97. The zero-order valence-electron chi connectivity index (χ0n) is 11.1. The maximum Gasteiger partial charge on any atom is 0.417 e. The van der Waals surface area contributed by atoms with Crippen LogP contribution in [-0.4, -0.2) is 16.1 Å². The molecule has 0 radical (unpaired) electrons. The van der Waals surface area contributed by atoms with Gasteiger partial charge in [-0.3, -0.25) is 9.89 Å². The van der Waals surface area contributed by atoms with Crippen LogP contribution in [0.25, 0.3) is 0 Å². The molecule has 1 amide bonds. The van der Waals surface area contributed by atoms with E-state index in [1.54, 1.807) is 13.8 Å². The van der Waals surface area contributed by atoms with Gasteiger partial charge in [-0.1, -0.05) is 15.9 Å². The number of hydrogen-bond acceptors (Lipinski definition) is 2. The summed E-state index contributed by atoms with van der Waals surface area (Å²) in [6.07, 6.45) is -4.50. The molecule has 1 heterocycles. The minimum absolute atomic E-state index is 0.0653. The van der Waals surface area contributed by atoms with Gasteiger partial charge in [0.1, 0.15) is 0 Å². The van der Waals surface area contributed by atoms with Gasteiger partial charge >= 0.3 is 6.18 Å². The molecule has 0 unspecified atom stereocenters. The van der Waals surface area contributed by atoms with Crippen LogP contribution in [0.2, 0.25) is 0 Å². The van der Waals surface area contributed by atoms with Crippen molar-refractivity contribution < 1.29 is 18.0 Å². The quantitative estimate of drug-likeness (QED) is 0.847. The number of benzene rings is 1. The number of hydrogen-bond donors (Lipinski definition) is 2. The fourth-order valence-corrected chi connectivity index (χ4v) is 2.37. The topological polar surface area (TPSA) is 57.8 Å². The van der Waals surface area contributed by atoms with Crippen molar-refractivity contribution in [1.82, 2.24) is 10.2 Å². The van der Waals surface area contributed by atoms with Crippen molar-refractivity contribution in [3.8, 4) is 0 Å².